The quantitative estimate of drug-likeness (QED) is 0.610. The van der Waals surface area contributed by atoms with Crippen LogP contribution in [0.15, 0.2) is 11.6 Å². The number of methoxy groups -OCH3 is 1. The summed E-state index contributed by atoms with van der Waals surface area (Å²) >= 11 is 0. The molecule has 5 fully saturated rings. The van der Waals surface area contributed by atoms with Gasteiger partial charge in [0.15, 0.2) is 12.1 Å². The average molecular weight is 489 g/mol. The van der Waals surface area contributed by atoms with Crippen LogP contribution in [0.5, 0.6) is 0 Å². The summed E-state index contributed by atoms with van der Waals surface area (Å²) in [5, 5.41) is 10.3. The van der Waals surface area contributed by atoms with Crippen molar-refractivity contribution in [1.82, 2.24) is 0 Å². The molecule has 4 aliphatic carbocycles. The van der Waals surface area contributed by atoms with E-state index in [1.807, 2.05) is 13.8 Å². The van der Waals surface area contributed by atoms with Crippen LogP contribution in [-0.4, -0.2) is 66.7 Å². The van der Waals surface area contributed by atoms with Gasteiger partial charge in [0.25, 0.3) is 0 Å². The standard InChI is InChI=1S/C28H40O7/c1-13-18-11-19(29)22-17-7-6-15-10-16(35-21-12-20(32-5)24(30)14(2)33-21)8-9-27(15,3)23(17)25(31)26(34-13)28(18,22)4/h6,13-14,16-18,20-24,26,30H,7-12H2,1-5H3/t13-,14+,16-,17-,18-,20+,21-,22-,23+,24-,26-,27-,28+/m0/s1. The molecule has 0 amide bonds. The Morgan fingerprint density at radius 1 is 1.09 bits per heavy atom. The lowest BCUT2D eigenvalue weighted by Gasteiger charge is -2.57. The van der Waals surface area contributed by atoms with Crippen LogP contribution in [0, 0.1) is 34.5 Å². The van der Waals surface area contributed by atoms with Gasteiger partial charge >= 0.3 is 0 Å². The molecular weight excluding hydrogens is 448 g/mol. The van der Waals surface area contributed by atoms with E-state index >= 15 is 0 Å². The van der Waals surface area contributed by atoms with E-state index in [2.05, 4.69) is 19.9 Å². The van der Waals surface area contributed by atoms with Gasteiger partial charge in [0, 0.05) is 43.1 Å². The van der Waals surface area contributed by atoms with Crippen molar-refractivity contribution in [3.05, 3.63) is 11.6 Å². The van der Waals surface area contributed by atoms with Crippen LogP contribution in [0.25, 0.3) is 0 Å². The van der Waals surface area contributed by atoms with Crippen LogP contribution in [-0.2, 0) is 28.5 Å². The summed E-state index contributed by atoms with van der Waals surface area (Å²) in [5.41, 5.74) is 0.668. The maximum atomic E-state index is 14.1. The third-order valence-corrected chi connectivity index (χ3v) is 10.9. The lowest BCUT2D eigenvalue weighted by molar-refractivity contribution is -0.265. The van der Waals surface area contributed by atoms with Gasteiger partial charge in [-0.25, -0.2) is 0 Å². The van der Waals surface area contributed by atoms with Gasteiger partial charge in [-0.15, -0.1) is 0 Å². The molecule has 2 heterocycles. The monoisotopic (exact) mass is 488 g/mol. The highest BCUT2D eigenvalue weighted by Gasteiger charge is 2.72. The van der Waals surface area contributed by atoms with E-state index < -0.39 is 18.5 Å². The molecule has 7 heteroatoms. The van der Waals surface area contributed by atoms with Crippen molar-refractivity contribution in [2.24, 2.45) is 34.5 Å². The number of ether oxygens (including phenoxy) is 4. The number of aliphatic hydroxyl groups excluding tert-OH is 1. The molecule has 0 bridgehead atoms. The first kappa shape index (κ1) is 24.2. The minimum absolute atomic E-state index is 0.0000260. The third kappa shape index (κ3) is 3.27. The SMILES string of the molecule is CO[C@@H]1C[C@H](O[C@H]2CC[C@@]3(C)C(=CC[C@H]4[C@H]5C(=O)C[C@H]6[C@H](C)O[C@@H](C(=O)[C@@H]43)[C@@]56C)C2)O[C@H](C)[C@@H]1O. The molecule has 6 rings (SSSR count). The predicted molar refractivity (Wildman–Crippen MR) is 126 cm³/mol. The molecule has 1 N–H and O–H groups in total. The summed E-state index contributed by atoms with van der Waals surface area (Å²) in [4.78, 5) is 27.4. The normalized spacial score (nSPS) is 55.3. The number of ketones is 2. The maximum absolute atomic E-state index is 14.1. The van der Waals surface area contributed by atoms with Crippen LogP contribution in [0.3, 0.4) is 0 Å². The molecule has 0 unspecified atom stereocenters. The van der Waals surface area contributed by atoms with E-state index in [1.165, 1.54) is 5.57 Å². The zero-order chi connectivity index (χ0) is 24.9. The molecule has 0 radical (unpaired) electrons. The molecule has 0 aromatic rings. The maximum Gasteiger partial charge on any atom is 0.166 e. The number of aliphatic hydroxyl groups is 1. The van der Waals surface area contributed by atoms with Crippen molar-refractivity contribution < 1.29 is 33.6 Å². The number of hydrogen-bond donors (Lipinski definition) is 1. The molecule has 3 saturated carbocycles. The highest BCUT2D eigenvalue weighted by Crippen LogP contribution is 2.67. The second-order valence-electron chi connectivity index (χ2n) is 12.5. The second kappa shape index (κ2) is 8.19. The van der Waals surface area contributed by atoms with Crippen molar-refractivity contribution in [2.75, 3.05) is 7.11 Å². The largest absolute Gasteiger partial charge is 0.388 e. The number of carbonyl (C=O) groups excluding carboxylic acids is 2. The Kier molecular flexibility index (Phi) is 5.67. The molecule has 7 nitrogen and oxygen atoms in total. The van der Waals surface area contributed by atoms with Crippen molar-refractivity contribution in [1.29, 1.82) is 0 Å². The molecule has 35 heavy (non-hydrogen) atoms. The number of carbonyl (C=O) groups is 2. The van der Waals surface area contributed by atoms with E-state index in [4.69, 9.17) is 18.9 Å². The summed E-state index contributed by atoms with van der Waals surface area (Å²) in [6.07, 6.45) is 4.37. The van der Waals surface area contributed by atoms with Gasteiger partial charge in [-0.2, -0.15) is 0 Å². The van der Waals surface area contributed by atoms with E-state index in [9.17, 15) is 14.7 Å². The zero-order valence-corrected chi connectivity index (χ0v) is 21.6. The Balaban J connectivity index is 1.23. The van der Waals surface area contributed by atoms with Gasteiger partial charge in [-0.05, 0) is 50.9 Å². The van der Waals surface area contributed by atoms with Crippen LogP contribution in [0.4, 0.5) is 0 Å². The Hall–Kier alpha value is -1.12. The van der Waals surface area contributed by atoms with Crippen LogP contribution < -0.4 is 0 Å². The first-order valence-electron chi connectivity index (χ1n) is 13.5. The summed E-state index contributed by atoms with van der Waals surface area (Å²) in [5.74, 6) is 0.557. The van der Waals surface area contributed by atoms with E-state index in [0.717, 1.165) is 25.7 Å². The first-order valence-corrected chi connectivity index (χ1v) is 13.5. The number of fused-ring (bicyclic) bond motifs is 4. The van der Waals surface area contributed by atoms with Gasteiger partial charge < -0.3 is 24.1 Å². The van der Waals surface area contributed by atoms with Crippen LogP contribution in [0.1, 0.15) is 66.2 Å². The smallest absolute Gasteiger partial charge is 0.166 e. The van der Waals surface area contributed by atoms with Gasteiger partial charge in [0.05, 0.1) is 24.4 Å². The van der Waals surface area contributed by atoms with Crippen molar-refractivity contribution in [3.63, 3.8) is 0 Å². The molecule has 13 atom stereocenters. The van der Waals surface area contributed by atoms with E-state index in [-0.39, 0.29) is 64.7 Å². The van der Waals surface area contributed by atoms with Crippen molar-refractivity contribution in [3.8, 4) is 0 Å². The second-order valence-corrected chi connectivity index (χ2v) is 12.5. The number of hydrogen-bond acceptors (Lipinski definition) is 7. The average Bonchev–Trinajstić information content (AvgIpc) is 3.23. The first-order chi connectivity index (χ1) is 16.6. The lowest BCUT2D eigenvalue weighted by atomic mass is 9.46. The fourth-order valence-electron chi connectivity index (χ4n) is 9.14. The van der Waals surface area contributed by atoms with E-state index in [1.54, 1.807) is 7.11 Å². The van der Waals surface area contributed by atoms with Gasteiger partial charge in [0.1, 0.15) is 18.0 Å². The molecular formula is C28H40O7. The minimum Gasteiger partial charge on any atom is -0.388 e. The Labute approximate surface area is 207 Å². The number of rotatable bonds is 3. The van der Waals surface area contributed by atoms with Crippen LogP contribution in [0.2, 0.25) is 0 Å². The molecule has 0 spiro atoms. The van der Waals surface area contributed by atoms with Crippen molar-refractivity contribution >= 4 is 11.6 Å². The predicted octanol–water partition coefficient (Wildman–Crippen LogP) is 3.22. The Morgan fingerprint density at radius 2 is 1.86 bits per heavy atom. The molecule has 2 saturated heterocycles. The summed E-state index contributed by atoms with van der Waals surface area (Å²) in [7, 11) is 1.61. The van der Waals surface area contributed by atoms with Crippen LogP contribution >= 0.6 is 0 Å². The molecule has 0 aromatic heterocycles. The van der Waals surface area contributed by atoms with E-state index in [0.29, 0.717) is 18.6 Å². The molecule has 6 aliphatic rings. The number of allylic oxidation sites excluding steroid dienone is 1. The summed E-state index contributed by atoms with van der Waals surface area (Å²) < 4.78 is 24.1. The fourth-order valence-corrected chi connectivity index (χ4v) is 9.14. The highest BCUT2D eigenvalue weighted by molar-refractivity contribution is 5.96. The minimum atomic E-state index is -0.658. The number of Topliss-reactive ketones (excluding diaryl/α,β-unsaturated/α-hetero) is 2. The fraction of sp³-hybridized carbons (Fsp3) is 0.857. The van der Waals surface area contributed by atoms with Gasteiger partial charge in [0.2, 0.25) is 0 Å². The lowest BCUT2D eigenvalue weighted by Crippen LogP contribution is -2.61. The Bertz CT molecular complexity index is 946. The zero-order valence-electron chi connectivity index (χ0n) is 21.6. The molecule has 194 valence electrons. The van der Waals surface area contributed by atoms with Gasteiger partial charge in [-0.3, -0.25) is 9.59 Å². The summed E-state index contributed by atoms with van der Waals surface area (Å²) in [6.45, 7) is 8.27. The van der Waals surface area contributed by atoms with Crippen molar-refractivity contribution in [2.45, 2.75) is 109 Å². The Morgan fingerprint density at radius 3 is 2.60 bits per heavy atom. The summed E-state index contributed by atoms with van der Waals surface area (Å²) in [6, 6.07) is 0. The third-order valence-electron chi connectivity index (χ3n) is 10.9. The highest BCUT2D eigenvalue weighted by atomic mass is 16.7. The molecule has 2 aliphatic heterocycles. The van der Waals surface area contributed by atoms with Gasteiger partial charge in [-0.1, -0.05) is 25.5 Å². The molecule has 0 aromatic carbocycles. The topological polar surface area (TPSA) is 91.3 Å².